The van der Waals surface area contributed by atoms with Crippen molar-refractivity contribution in [3.8, 4) is 11.5 Å². The number of carbonyl (C=O) groups excluding carboxylic acids is 3. The average Bonchev–Trinajstić information content (AvgIpc) is 3.41. The van der Waals surface area contributed by atoms with Gasteiger partial charge in [-0.1, -0.05) is 21.2 Å². The van der Waals surface area contributed by atoms with Gasteiger partial charge < -0.3 is 14.8 Å². The van der Waals surface area contributed by atoms with E-state index in [1.54, 1.807) is 42.5 Å². The zero-order valence-corrected chi connectivity index (χ0v) is 16.9. The van der Waals surface area contributed by atoms with Crippen LogP contribution in [0.4, 0.5) is 11.4 Å². The lowest BCUT2D eigenvalue weighted by Gasteiger charge is -2.20. The first-order valence-corrected chi connectivity index (χ1v) is 9.81. The van der Waals surface area contributed by atoms with Crippen LogP contribution in [0.2, 0.25) is 0 Å². The van der Waals surface area contributed by atoms with E-state index in [1.165, 1.54) is 5.01 Å². The van der Waals surface area contributed by atoms with Crippen LogP contribution >= 0.6 is 15.9 Å². The van der Waals surface area contributed by atoms with Crippen molar-refractivity contribution in [3.05, 3.63) is 46.9 Å². The summed E-state index contributed by atoms with van der Waals surface area (Å²) < 4.78 is 11.4. The van der Waals surface area contributed by atoms with Gasteiger partial charge in [-0.2, -0.15) is 5.11 Å². The summed E-state index contributed by atoms with van der Waals surface area (Å²) in [5, 5.41) is 11.8. The normalized spacial score (nSPS) is 21.4. The molecule has 30 heavy (non-hydrogen) atoms. The van der Waals surface area contributed by atoms with Crippen molar-refractivity contribution < 1.29 is 23.9 Å². The van der Waals surface area contributed by atoms with Crippen molar-refractivity contribution >= 4 is 45.0 Å². The molecule has 3 aliphatic heterocycles. The highest BCUT2D eigenvalue weighted by Crippen LogP contribution is 2.35. The monoisotopic (exact) mass is 471 g/mol. The lowest BCUT2D eigenvalue weighted by atomic mass is 10.1. The van der Waals surface area contributed by atoms with E-state index in [-0.39, 0.29) is 13.3 Å². The standard InChI is InChI=1S/C19H14BrN5O5/c20-10-1-4-12(5-2-10)25-18(27)16-17(19(25)28)24(23-22-16)8-15(26)21-11-3-6-13-14(7-11)30-9-29-13/h1-7,16-17H,8-9H2,(H,21,26). The molecule has 10 nitrogen and oxygen atoms in total. The maximum atomic E-state index is 12.9. The molecule has 0 radical (unpaired) electrons. The molecule has 2 unspecified atom stereocenters. The zero-order valence-electron chi connectivity index (χ0n) is 15.3. The van der Waals surface area contributed by atoms with Gasteiger partial charge in [0.15, 0.2) is 23.6 Å². The molecule has 5 rings (SSSR count). The van der Waals surface area contributed by atoms with Crippen molar-refractivity contribution in [1.82, 2.24) is 5.01 Å². The van der Waals surface area contributed by atoms with Gasteiger partial charge in [-0.3, -0.25) is 19.4 Å². The van der Waals surface area contributed by atoms with Crippen LogP contribution in [0.15, 0.2) is 57.3 Å². The molecule has 0 bridgehead atoms. The van der Waals surface area contributed by atoms with Crippen LogP contribution in [-0.2, 0) is 14.4 Å². The fourth-order valence-electron chi connectivity index (χ4n) is 3.52. The van der Waals surface area contributed by atoms with Gasteiger partial charge in [-0.05, 0) is 36.4 Å². The predicted octanol–water partition coefficient (Wildman–Crippen LogP) is 2.11. The Morgan fingerprint density at radius 3 is 2.67 bits per heavy atom. The Kier molecular flexibility index (Phi) is 4.39. The number of nitrogens with one attached hydrogen (secondary N) is 1. The second-order valence-electron chi connectivity index (χ2n) is 6.80. The first kappa shape index (κ1) is 18.6. The smallest absolute Gasteiger partial charge is 0.263 e. The van der Waals surface area contributed by atoms with E-state index in [0.29, 0.717) is 22.9 Å². The summed E-state index contributed by atoms with van der Waals surface area (Å²) in [6.07, 6.45) is 0. The van der Waals surface area contributed by atoms with Crippen LogP contribution < -0.4 is 19.7 Å². The van der Waals surface area contributed by atoms with Gasteiger partial charge in [0, 0.05) is 16.2 Å². The van der Waals surface area contributed by atoms with Gasteiger partial charge >= 0.3 is 0 Å². The molecule has 0 saturated carbocycles. The number of halogens is 1. The molecular weight excluding hydrogens is 458 g/mol. The van der Waals surface area contributed by atoms with Gasteiger partial charge in [0.2, 0.25) is 12.7 Å². The maximum Gasteiger partial charge on any atom is 0.263 e. The van der Waals surface area contributed by atoms with Gasteiger partial charge in [0.25, 0.3) is 11.8 Å². The number of hydrogen-bond acceptors (Lipinski definition) is 8. The first-order valence-electron chi connectivity index (χ1n) is 9.01. The number of nitrogens with zero attached hydrogens (tertiary/aromatic N) is 4. The fourth-order valence-corrected chi connectivity index (χ4v) is 3.78. The highest BCUT2D eigenvalue weighted by Gasteiger charge is 2.55. The molecule has 2 atom stereocenters. The Labute approximate surface area is 178 Å². The molecule has 1 N–H and O–H groups in total. The molecule has 11 heteroatoms. The van der Waals surface area contributed by atoms with E-state index < -0.39 is 29.8 Å². The third kappa shape index (κ3) is 3.07. The minimum Gasteiger partial charge on any atom is -0.454 e. The van der Waals surface area contributed by atoms with Crippen LogP contribution in [0.5, 0.6) is 11.5 Å². The van der Waals surface area contributed by atoms with Gasteiger partial charge in [-0.15, -0.1) is 0 Å². The van der Waals surface area contributed by atoms with Gasteiger partial charge in [0.1, 0.15) is 6.54 Å². The highest BCUT2D eigenvalue weighted by atomic mass is 79.9. The number of benzene rings is 2. The highest BCUT2D eigenvalue weighted by molar-refractivity contribution is 9.10. The molecule has 0 spiro atoms. The molecule has 3 aliphatic rings. The van der Waals surface area contributed by atoms with E-state index >= 15 is 0 Å². The Bertz CT molecular complexity index is 1090. The maximum absolute atomic E-state index is 12.9. The lowest BCUT2D eigenvalue weighted by molar-refractivity contribution is -0.123. The van der Waals surface area contributed by atoms with Crippen LogP contribution in [0.3, 0.4) is 0 Å². The summed E-state index contributed by atoms with van der Waals surface area (Å²) in [6.45, 7) is -0.0960. The summed E-state index contributed by atoms with van der Waals surface area (Å²) in [5.41, 5.74) is 0.963. The first-order chi connectivity index (χ1) is 14.5. The largest absolute Gasteiger partial charge is 0.454 e. The second kappa shape index (κ2) is 7.10. The van der Waals surface area contributed by atoms with Crippen molar-refractivity contribution in [2.75, 3.05) is 23.6 Å². The van der Waals surface area contributed by atoms with E-state index in [9.17, 15) is 14.4 Å². The number of carbonyl (C=O) groups is 3. The Hall–Kier alpha value is -3.47. The number of amides is 3. The summed E-state index contributed by atoms with van der Waals surface area (Å²) in [4.78, 5) is 39.2. The molecule has 3 amide bonds. The third-order valence-corrected chi connectivity index (χ3v) is 5.43. The van der Waals surface area contributed by atoms with Crippen LogP contribution in [-0.4, -0.2) is 48.2 Å². The lowest BCUT2D eigenvalue weighted by Crippen LogP contribution is -2.43. The molecule has 1 fully saturated rings. The summed E-state index contributed by atoms with van der Waals surface area (Å²) in [6, 6.07) is 9.92. The second-order valence-corrected chi connectivity index (χ2v) is 7.71. The number of rotatable bonds is 4. The fraction of sp³-hybridized carbons (Fsp3) is 0.211. The van der Waals surface area contributed by atoms with E-state index in [4.69, 9.17) is 9.47 Å². The van der Waals surface area contributed by atoms with Gasteiger partial charge in [-0.25, -0.2) is 4.90 Å². The van der Waals surface area contributed by atoms with E-state index in [2.05, 4.69) is 31.6 Å². The van der Waals surface area contributed by atoms with E-state index in [1.807, 2.05) is 0 Å². The SMILES string of the molecule is O=C(CN1N=NC2C(=O)N(c3ccc(Br)cc3)C(=O)C21)Nc1ccc2c(c1)OCO2. The molecule has 152 valence electrons. The molecule has 3 heterocycles. The molecule has 1 saturated heterocycles. The molecular formula is C19H14BrN5O5. The Morgan fingerprint density at radius 2 is 1.87 bits per heavy atom. The van der Waals surface area contributed by atoms with Gasteiger partial charge in [0.05, 0.1) is 5.69 Å². The quantitative estimate of drug-likeness (QED) is 0.683. The average molecular weight is 472 g/mol. The third-order valence-electron chi connectivity index (χ3n) is 4.90. The Balaban J connectivity index is 1.29. The summed E-state index contributed by atoms with van der Waals surface area (Å²) >= 11 is 3.32. The van der Waals surface area contributed by atoms with Crippen molar-refractivity contribution in [3.63, 3.8) is 0 Å². The van der Waals surface area contributed by atoms with Crippen LogP contribution in [0.25, 0.3) is 0 Å². The number of imide groups is 1. The molecule has 0 aliphatic carbocycles. The number of anilines is 2. The predicted molar refractivity (Wildman–Crippen MR) is 107 cm³/mol. The topological polar surface area (TPSA) is 113 Å². The number of fused-ring (bicyclic) bond motifs is 2. The van der Waals surface area contributed by atoms with Crippen molar-refractivity contribution in [1.29, 1.82) is 0 Å². The molecule has 2 aromatic rings. The molecule has 0 aromatic heterocycles. The molecule has 2 aromatic carbocycles. The summed E-state index contributed by atoms with van der Waals surface area (Å²) in [7, 11) is 0. The van der Waals surface area contributed by atoms with Crippen molar-refractivity contribution in [2.45, 2.75) is 12.1 Å². The van der Waals surface area contributed by atoms with E-state index in [0.717, 1.165) is 9.37 Å². The Morgan fingerprint density at radius 1 is 1.10 bits per heavy atom. The summed E-state index contributed by atoms with van der Waals surface area (Å²) in [5.74, 6) is -0.193. The minimum absolute atomic E-state index is 0.134. The van der Waals surface area contributed by atoms with Crippen LogP contribution in [0.1, 0.15) is 0 Å². The zero-order chi connectivity index (χ0) is 20.8. The minimum atomic E-state index is -0.959. The number of ether oxygens (including phenoxy) is 2. The van der Waals surface area contributed by atoms with Crippen LogP contribution in [0, 0.1) is 0 Å². The number of hydrogen-bond donors (Lipinski definition) is 1. The van der Waals surface area contributed by atoms with Crippen molar-refractivity contribution in [2.24, 2.45) is 10.3 Å².